The maximum atomic E-state index is 12.7. The van der Waals surface area contributed by atoms with Crippen molar-refractivity contribution in [2.24, 2.45) is 0 Å². The Morgan fingerprint density at radius 2 is 2.07 bits per heavy atom. The van der Waals surface area contributed by atoms with Crippen molar-refractivity contribution in [1.29, 1.82) is 0 Å². The molecule has 4 rings (SSSR count). The molecule has 10 heteroatoms. The molecule has 0 aliphatic heterocycles. The lowest BCUT2D eigenvalue weighted by molar-refractivity contribution is -0.117. The average Bonchev–Trinajstić information content (AvgIpc) is 3.33. The summed E-state index contributed by atoms with van der Waals surface area (Å²) in [7, 11) is 0. The minimum atomic E-state index is -0.263. The summed E-state index contributed by atoms with van der Waals surface area (Å²) in [6.07, 6.45) is 0.688. The Morgan fingerprint density at radius 1 is 1.27 bits per heavy atom. The maximum absolute atomic E-state index is 12.7. The molecular formula is C20H19N5O3S2. The van der Waals surface area contributed by atoms with Crippen LogP contribution in [0.3, 0.4) is 0 Å². The van der Waals surface area contributed by atoms with E-state index in [2.05, 4.69) is 20.5 Å². The Hall–Kier alpha value is -2.98. The molecule has 0 saturated heterocycles. The van der Waals surface area contributed by atoms with E-state index in [0.29, 0.717) is 38.7 Å². The number of thioether (sulfide) groups is 1. The highest BCUT2D eigenvalue weighted by atomic mass is 32.2. The maximum Gasteiger partial charge on any atom is 0.287 e. The second-order valence-corrected chi connectivity index (χ2v) is 8.81. The number of benzene rings is 1. The van der Waals surface area contributed by atoms with E-state index in [1.807, 2.05) is 37.3 Å². The molecular weight excluding hydrogens is 422 g/mol. The molecule has 0 bridgehead atoms. The van der Waals surface area contributed by atoms with E-state index < -0.39 is 0 Å². The van der Waals surface area contributed by atoms with Gasteiger partial charge in [-0.1, -0.05) is 60.4 Å². The van der Waals surface area contributed by atoms with Crippen molar-refractivity contribution in [3.05, 3.63) is 69.8 Å². The van der Waals surface area contributed by atoms with Gasteiger partial charge in [0.2, 0.25) is 11.0 Å². The van der Waals surface area contributed by atoms with E-state index in [1.54, 1.807) is 13.0 Å². The molecule has 0 saturated carbocycles. The number of rotatable bonds is 7. The minimum Gasteiger partial charge on any atom is -0.375 e. The third-order valence-corrected chi connectivity index (χ3v) is 6.44. The van der Waals surface area contributed by atoms with E-state index in [-0.39, 0.29) is 17.4 Å². The molecule has 1 amide bonds. The van der Waals surface area contributed by atoms with Crippen LogP contribution in [-0.4, -0.2) is 25.7 Å². The standard InChI is InChI=1S/C20H19N5O3S2/c1-3-15(13-7-5-4-6-8-13)18(27)22-19-23-24-20(30-19)29-11-14-10-17(26)25-16(21-14)9-12(2)28-25/h4-10,15H,3,11H2,1-2H3,(H,22,23,27)/t15-/m1/s1. The van der Waals surface area contributed by atoms with Crippen LogP contribution in [0, 0.1) is 6.92 Å². The van der Waals surface area contributed by atoms with Crippen LogP contribution < -0.4 is 10.9 Å². The minimum absolute atomic E-state index is 0.105. The van der Waals surface area contributed by atoms with Crippen molar-refractivity contribution in [3.8, 4) is 0 Å². The smallest absolute Gasteiger partial charge is 0.287 e. The summed E-state index contributed by atoms with van der Waals surface area (Å²) in [4.78, 5) is 29.2. The molecule has 8 nitrogen and oxygen atoms in total. The van der Waals surface area contributed by atoms with Gasteiger partial charge in [-0.2, -0.15) is 0 Å². The molecule has 0 radical (unpaired) electrons. The molecule has 0 aliphatic rings. The highest BCUT2D eigenvalue weighted by Gasteiger charge is 2.20. The van der Waals surface area contributed by atoms with Crippen LogP contribution in [0.2, 0.25) is 0 Å². The Labute approximate surface area is 180 Å². The number of nitrogens with one attached hydrogen (secondary N) is 1. The first kappa shape index (κ1) is 20.3. The van der Waals surface area contributed by atoms with Crippen LogP contribution >= 0.6 is 23.1 Å². The van der Waals surface area contributed by atoms with Crippen molar-refractivity contribution < 1.29 is 9.32 Å². The molecule has 0 unspecified atom stereocenters. The zero-order chi connectivity index (χ0) is 21.1. The van der Waals surface area contributed by atoms with E-state index in [1.165, 1.54) is 33.7 Å². The van der Waals surface area contributed by atoms with Crippen LogP contribution in [0.1, 0.15) is 36.3 Å². The average molecular weight is 442 g/mol. The van der Waals surface area contributed by atoms with Gasteiger partial charge in [-0.3, -0.25) is 14.9 Å². The van der Waals surface area contributed by atoms with Crippen molar-refractivity contribution in [1.82, 2.24) is 19.8 Å². The highest BCUT2D eigenvalue weighted by molar-refractivity contribution is 8.00. The molecule has 1 N–H and O–H groups in total. The van der Waals surface area contributed by atoms with Crippen molar-refractivity contribution in [2.45, 2.75) is 36.3 Å². The van der Waals surface area contributed by atoms with Crippen molar-refractivity contribution in [3.63, 3.8) is 0 Å². The summed E-state index contributed by atoms with van der Waals surface area (Å²) in [5.41, 5.74) is 1.81. The zero-order valence-electron chi connectivity index (χ0n) is 16.4. The summed E-state index contributed by atoms with van der Waals surface area (Å²) < 4.78 is 7.14. The normalized spacial score (nSPS) is 12.2. The molecule has 3 heterocycles. The Kier molecular flexibility index (Phi) is 5.96. The van der Waals surface area contributed by atoms with Gasteiger partial charge in [-0.05, 0) is 18.9 Å². The molecule has 0 aliphatic carbocycles. The number of hydrogen-bond acceptors (Lipinski definition) is 8. The number of aromatic nitrogens is 4. The number of carbonyl (C=O) groups is 1. The predicted molar refractivity (Wildman–Crippen MR) is 116 cm³/mol. The van der Waals surface area contributed by atoms with E-state index in [9.17, 15) is 9.59 Å². The fraction of sp³-hybridized carbons (Fsp3) is 0.250. The van der Waals surface area contributed by atoms with Gasteiger partial charge in [-0.25, -0.2) is 4.98 Å². The highest BCUT2D eigenvalue weighted by Crippen LogP contribution is 2.29. The number of nitrogens with zero attached hydrogens (tertiary/aromatic N) is 4. The van der Waals surface area contributed by atoms with Crippen molar-refractivity contribution >= 4 is 39.8 Å². The number of anilines is 1. The molecule has 3 aromatic heterocycles. The van der Waals surface area contributed by atoms with Gasteiger partial charge in [-0.15, -0.1) is 14.8 Å². The third kappa shape index (κ3) is 4.44. The van der Waals surface area contributed by atoms with Crippen LogP contribution in [0.25, 0.3) is 5.65 Å². The second-order valence-electron chi connectivity index (χ2n) is 6.61. The van der Waals surface area contributed by atoms with Crippen molar-refractivity contribution in [2.75, 3.05) is 5.32 Å². The molecule has 154 valence electrons. The van der Waals surface area contributed by atoms with Gasteiger partial charge < -0.3 is 4.52 Å². The largest absolute Gasteiger partial charge is 0.375 e. The van der Waals surface area contributed by atoms with Crippen LogP contribution in [-0.2, 0) is 10.5 Å². The van der Waals surface area contributed by atoms with E-state index >= 15 is 0 Å². The quantitative estimate of drug-likeness (QED) is 0.343. The molecule has 30 heavy (non-hydrogen) atoms. The van der Waals surface area contributed by atoms with Gasteiger partial charge >= 0.3 is 0 Å². The fourth-order valence-corrected chi connectivity index (χ4v) is 4.70. The number of amides is 1. The second kappa shape index (κ2) is 8.80. The fourth-order valence-electron chi connectivity index (χ4n) is 3.05. The van der Waals surface area contributed by atoms with Gasteiger partial charge in [0.25, 0.3) is 5.56 Å². The van der Waals surface area contributed by atoms with E-state index in [0.717, 1.165) is 5.56 Å². The first-order valence-electron chi connectivity index (χ1n) is 9.35. The Bertz CT molecular complexity index is 1230. The summed E-state index contributed by atoms with van der Waals surface area (Å²) in [6, 6.07) is 12.8. The SMILES string of the molecule is CC[C@@H](C(=O)Nc1nnc(SCc2cc(=O)n3oc(C)cc3n2)s1)c1ccccc1. The lowest BCUT2D eigenvalue weighted by Crippen LogP contribution is -2.20. The third-order valence-electron chi connectivity index (χ3n) is 4.43. The molecule has 4 aromatic rings. The number of fused-ring (bicyclic) bond motifs is 1. The predicted octanol–water partition coefficient (Wildman–Crippen LogP) is 3.87. The van der Waals surface area contributed by atoms with Gasteiger partial charge in [0.15, 0.2) is 9.99 Å². The molecule has 0 spiro atoms. The van der Waals surface area contributed by atoms with Gasteiger partial charge in [0.05, 0.1) is 11.6 Å². The topological polar surface area (TPSA) is 102 Å². The lowest BCUT2D eigenvalue weighted by atomic mass is 9.96. The van der Waals surface area contributed by atoms with Crippen LogP contribution in [0.5, 0.6) is 0 Å². The molecule has 1 aromatic carbocycles. The van der Waals surface area contributed by atoms with Gasteiger partial charge in [0.1, 0.15) is 5.76 Å². The summed E-state index contributed by atoms with van der Waals surface area (Å²) in [5.74, 6) is 0.732. The summed E-state index contributed by atoms with van der Waals surface area (Å²) >= 11 is 2.70. The van der Waals surface area contributed by atoms with Crippen LogP contribution in [0.4, 0.5) is 5.13 Å². The number of aryl methyl sites for hydroxylation is 1. The number of carbonyl (C=O) groups excluding carboxylic acids is 1. The molecule has 1 atom stereocenters. The Morgan fingerprint density at radius 3 is 2.83 bits per heavy atom. The summed E-state index contributed by atoms with van der Waals surface area (Å²) in [5, 5.41) is 11.5. The summed E-state index contributed by atoms with van der Waals surface area (Å²) in [6.45, 7) is 3.74. The van der Waals surface area contributed by atoms with E-state index in [4.69, 9.17) is 4.52 Å². The first-order chi connectivity index (χ1) is 14.5. The Balaban J connectivity index is 1.41. The lowest BCUT2D eigenvalue weighted by Gasteiger charge is -2.13. The van der Waals surface area contributed by atoms with Gasteiger partial charge in [0, 0.05) is 17.9 Å². The number of hydrogen-bond donors (Lipinski definition) is 1. The molecule has 0 fully saturated rings. The monoisotopic (exact) mass is 441 g/mol. The first-order valence-corrected chi connectivity index (χ1v) is 11.2. The zero-order valence-corrected chi connectivity index (χ0v) is 18.0. The van der Waals surface area contributed by atoms with Crippen LogP contribution in [0.15, 0.2) is 56.1 Å².